The van der Waals surface area contributed by atoms with E-state index in [2.05, 4.69) is 0 Å². The van der Waals surface area contributed by atoms with Crippen LogP contribution in [0.4, 0.5) is 5.69 Å². The summed E-state index contributed by atoms with van der Waals surface area (Å²) in [6, 6.07) is 13.1. The highest BCUT2D eigenvalue weighted by Crippen LogP contribution is 2.23. The quantitative estimate of drug-likeness (QED) is 0.459. The predicted molar refractivity (Wildman–Crippen MR) is 104 cm³/mol. The van der Waals surface area contributed by atoms with Crippen molar-refractivity contribution in [3.8, 4) is 0 Å². The predicted octanol–water partition coefficient (Wildman–Crippen LogP) is 3.50. The fourth-order valence-electron chi connectivity index (χ4n) is 3.13. The molecule has 8 heteroatoms. The topological polar surface area (TPSA) is 98.6 Å². The number of para-hydroxylation sites is 2. The summed E-state index contributed by atoms with van der Waals surface area (Å²) in [6.45, 7) is 2.20. The van der Waals surface area contributed by atoms with Crippen LogP contribution < -0.4 is 5.76 Å². The molecule has 0 bridgehead atoms. The van der Waals surface area contributed by atoms with E-state index >= 15 is 0 Å². The highest BCUT2D eigenvalue weighted by molar-refractivity contribution is 5.76. The SMILES string of the molecule is C[C@@H](c1cccc([N+](=O)[O-])c1)N(C)C(=O)CCCn1c(=O)oc2ccccc21. The number of hydrogen-bond donors (Lipinski definition) is 0. The number of rotatable bonds is 7. The molecule has 3 aromatic rings. The lowest BCUT2D eigenvalue weighted by molar-refractivity contribution is -0.384. The molecule has 0 spiro atoms. The molecule has 0 aliphatic rings. The second-order valence-corrected chi connectivity index (χ2v) is 6.62. The van der Waals surface area contributed by atoms with Gasteiger partial charge in [-0.25, -0.2) is 4.79 Å². The number of non-ortho nitro benzene ring substituents is 1. The molecule has 8 nitrogen and oxygen atoms in total. The van der Waals surface area contributed by atoms with E-state index in [1.54, 1.807) is 42.3 Å². The molecule has 2 aromatic carbocycles. The number of carbonyl (C=O) groups is 1. The summed E-state index contributed by atoms with van der Waals surface area (Å²) in [5, 5.41) is 10.9. The number of benzene rings is 2. The second kappa shape index (κ2) is 8.08. The lowest BCUT2D eigenvalue weighted by Crippen LogP contribution is -2.29. The second-order valence-electron chi connectivity index (χ2n) is 6.62. The van der Waals surface area contributed by atoms with Gasteiger partial charge in [0.25, 0.3) is 5.69 Å². The van der Waals surface area contributed by atoms with Gasteiger partial charge in [0.2, 0.25) is 5.91 Å². The minimum Gasteiger partial charge on any atom is -0.408 e. The van der Waals surface area contributed by atoms with E-state index < -0.39 is 10.7 Å². The van der Waals surface area contributed by atoms with E-state index in [4.69, 9.17) is 4.42 Å². The molecule has 0 fully saturated rings. The van der Waals surface area contributed by atoms with Crippen LogP contribution in [0.25, 0.3) is 11.1 Å². The number of fused-ring (bicyclic) bond motifs is 1. The zero-order chi connectivity index (χ0) is 20.3. The Labute approximate surface area is 161 Å². The molecular weight excluding hydrogens is 362 g/mol. The van der Waals surface area contributed by atoms with Crippen molar-refractivity contribution in [1.29, 1.82) is 0 Å². The van der Waals surface area contributed by atoms with Crippen LogP contribution in [0.15, 0.2) is 57.7 Å². The largest absolute Gasteiger partial charge is 0.419 e. The third kappa shape index (κ3) is 3.95. The smallest absolute Gasteiger partial charge is 0.408 e. The molecule has 28 heavy (non-hydrogen) atoms. The zero-order valence-corrected chi connectivity index (χ0v) is 15.7. The van der Waals surface area contributed by atoms with Crippen molar-refractivity contribution in [1.82, 2.24) is 9.47 Å². The third-order valence-corrected chi connectivity index (χ3v) is 4.88. The molecule has 3 rings (SSSR count). The van der Waals surface area contributed by atoms with E-state index in [1.807, 2.05) is 13.0 Å². The first-order chi connectivity index (χ1) is 13.4. The summed E-state index contributed by atoms with van der Waals surface area (Å²) in [7, 11) is 1.67. The molecule has 0 N–H and O–H groups in total. The number of amides is 1. The summed E-state index contributed by atoms with van der Waals surface area (Å²) in [4.78, 5) is 36.6. The van der Waals surface area contributed by atoms with Crippen molar-refractivity contribution in [2.24, 2.45) is 0 Å². The summed E-state index contributed by atoms with van der Waals surface area (Å²) in [6.07, 6.45) is 0.732. The van der Waals surface area contributed by atoms with Crippen LogP contribution in [-0.2, 0) is 11.3 Å². The van der Waals surface area contributed by atoms with Gasteiger partial charge in [-0.15, -0.1) is 0 Å². The van der Waals surface area contributed by atoms with Crippen molar-refractivity contribution in [2.75, 3.05) is 7.05 Å². The molecule has 1 amide bonds. The van der Waals surface area contributed by atoms with Crippen LogP contribution in [-0.4, -0.2) is 27.3 Å². The molecule has 1 atom stereocenters. The van der Waals surface area contributed by atoms with Crippen LogP contribution in [0.5, 0.6) is 0 Å². The Balaban J connectivity index is 1.62. The average Bonchev–Trinajstić information content (AvgIpc) is 3.02. The minimum atomic E-state index is -0.453. The van der Waals surface area contributed by atoms with Gasteiger partial charge in [-0.3, -0.25) is 19.5 Å². The summed E-state index contributed by atoms with van der Waals surface area (Å²) in [5.41, 5.74) is 1.92. The highest BCUT2D eigenvalue weighted by Gasteiger charge is 2.19. The molecule has 0 aliphatic heterocycles. The van der Waals surface area contributed by atoms with Crippen LogP contribution in [0.3, 0.4) is 0 Å². The number of carbonyl (C=O) groups excluding carboxylic acids is 1. The number of hydrogen-bond acceptors (Lipinski definition) is 5. The Morgan fingerprint density at radius 1 is 1.25 bits per heavy atom. The number of oxazole rings is 1. The minimum absolute atomic E-state index is 0.00332. The number of nitro benzene ring substituents is 1. The van der Waals surface area contributed by atoms with Crippen molar-refractivity contribution < 1.29 is 14.1 Å². The van der Waals surface area contributed by atoms with E-state index in [0.29, 0.717) is 29.6 Å². The van der Waals surface area contributed by atoms with Crippen LogP contribution >= 0.6 is 0 Å². The molecule has 0 aliphatic carbocycles. The number of nitro groups is 1. The molecule has 0 radical (unpaired) electrons. The first-order valence-electron chi connectivity index (χ1n) is 8.97. The van der Waals surface area contributed by atoms with E-state index in [9.17, 15) is 19.7 Å². The van der Waals surface area contributed by atoms with Crippen molar-refractivity contribution in [2.45, 2.75) is 32.4 Å². The molecule has 0 unspecified atom stereocenters. The maximum Gasteiger partial charge on any atom is 0.419 e. The molecule has 146 valence electrons. The standard InChI is InChI=1S/C20H21N3O5/c1-14(15-7-5-8-16(13-15)23(26)27)21(2)19(24)11-6-12-22-17-9-3-4-10-18(17)28-20(22)25/h3-5,7-10,13-14H,6,11-12H2,1-2H3/t14-/m0/s1. The molecule has 1 heterocycles. The maximum atomic E-state index is 12.5. The fourth-order valence-corrected chi connectivity index (χ4v) is 3.13. The van der Waals surface area contributed by atoms with Gasteiger partial charge in [-0.1, -0.05) is 24.3 Å². The summed E-state index contributed by atoms with van der Waals surface area (Å²) < 4.78 is 6.71. The molecular formula is C20H21N3O5. The first-order valence-corrected chi connectivity index (χ1v) is 8.97. The van der Waals surface area contributed by atoms with Gasteiger partial charge >= 0.3 is 5.76 Å². The lowest BCUT2D eigenvalue weighted by Gasteiger charge is -2.25. The van der Waals surface area contributed by atoms with E-state index in [0.717, 1.165) is 0 Å². The first kappa shape index (κ1) is 19.3. The Kier molecular flexibility index (Phi) is 5.58. The monoisotopic (exact) mass is 383 g/mol. The van der Waals surface area contributed by atoms with Crippen molar-refractivity contribution >= 4 is 22.7 Å². The van der Waals surface area contributed by atoms with Crippen molar-refractivity contribution in [3.63, 3.8) is 0 Å². The van der Waals surface area contributed by atoms with Crippen molar-refractivity contribution in [3.05, 3.63) is 74.8 Å². The van der Waals surface area contributed by atoms with Gasteiger partial charge in [0.15, 0.2) is 5.58 Å². The van der Waals surface area contributed by atoms with Crippen LogP contribution in [0.1, 0.15) is 31.4 Å². The summed E-state index contributed by atoms with van der Waals surface area (Å²) in [5.74, 6) is -0.535. The lowest BCUT2D eigenvalue weighted by atomic mass is 10.1. The zero-order valence-electron chi connectivity index (χ0n) is 15.7. The highest BCUT2D eigenvalue weighted by atomic mass is 16.6. The Hall–Kier alpha value is -3.42. The maximum absolute atomic E-state index is 12.5. The number of aryl methyl sites for hydroxylation is 1. The molecule has 0 saturated heterocycles. The average molecular weight is 383 g/mol. The Morgan fingerprint density at radius 3 is 2.75 bits per heavy atom. The number of aromatic nitrogens is 1. The normalized spacial score (nSPS) is 12.1. The van der Waals surface area contributed by atoms with Gasteiger partial charge in [0.05, 0.1) is 16.5 Å². The fraction of sp³-hybridized carbons (Fsp3) is 0.300. The van der Waals surface area contributed by atoms with Crippen LogP contribution in [0.2, 0.25) is 0 Å². The van der Waals surface area contributed by atoms with Gasteiger partial charge in [-0.2, -0.15) is 0 Å². The van der Waals surface area contributed by atoms with Gasteiger partial charge < -0.3 is 9.32 Å². The van der Waals surface area contributed by atoms with Crippen LogP contribution in [0, 0.1) is 10.1 Å². The molecule has 0 saturated carbocycles. The van der Waals surface area contributed by atoms with Gasteiger partial charge in [0.1, 0.15) is 0 Å². The Morgan fingerprint density at radius 2 is 2.00 bits per heavy atom. The third-order valence-electron chi connectivity index (χ3n) is 4.88. The summed E-state index contributed by atoms with van der Waals surface area (Å²) >= 11 is 0. The van der Waals surface area contributed by atoms with E-state index in [1.165, 1.54) is 16.7 Å². The van der Waals surface area contributed by atoms with Gasteiger partial charge in [-0.05, 0) is 31.0 Å². The van der Waals surface area contributed by atoms with E-state index in [-0.39, 0.29) is 24.1 Å². The van der Waals surface area contributed by atoms with Gasteiger partial charge in [0, 0.05) is 32.1 Å². The molecule has 1 aromatic heterocycles. The Bertz CT molecular complexity index is 1070. The number of nitrogens with zero attached hydrogens (tertiary/aromatic N) is 3.